The Labute approximate surface area is 167 Å². The molecule has 0 saturated carbocycles. The molecule has 2 aromatic carbocycles. The number of aryl methyl sites for hydroxylation is 1. The Kier molecular flexibility index (Phi) is 8.65. The van der Waals surface area contributed by atoms with Gasteiger partial charge in [0.25, 0.3) is 0 Å². The Bertz CT molecular complexity index is 712. The molecule has 2 rings (SSSR count). The van der Waals surface area contributed by atoms with Crippen molar-refractivity contribution in [3.05, 3.63) is 66.7 Å². The average Bonchev–Trinajstić information content (AvgIpc) is 2.65. The fraction of sp³-hybridized carbons (Fsp3) is 0.318. The third kappa shape index (κ3) is 8.13. The summed E-state index contributed by atoms with van der Waals surface area (Å²) >= 11 is 5.34. The van der Waals surface area contributed by atoms with Gasteiger partial charge in [-0.15, -0.1) is 0 Å². The van der Waals surface area contributed by atoms with Crippen LogP contribution < -0.4 is 20.1 Å². The number of hydrogen-bond acceptors (Lipinski definition) is 3. The van der Waals surface area contributed by atoms with Crippen LogP contribution in [0.2, 0.25) is 0 Å². The number of rotatable bonds is 10. The summed E-state index contributed by atoms with van der Waals surface area (Å²) in [7, 11) is 0. The first kappa shape index (κ1) is 20.8. The zero-order chi connectivity index (χ0) is 19.5. The Morgan fingerprint density at radius 2 is 1.74 bits per heavy atom. The molecule has 0 saturated heterocycles. The molecule has 2 aromatic rings. The van der Waals surface area contributed by atoms with Gasteiger partial charge in [0.15, 0.2) is 5.11 Å². The molecule has 0 atom stereocenters. The van der Waals surface area contributed by atoms with Gasteiger partial charge in [-0.2, -0.15) is 0 Å². The minimum Gasteiger partial charge on any atom is -0.491 e. The lowest BCUT2D eigenvalue weighted by atomic mass is 10.1. The minimum absolute atomic E-state index is 0.199. The quantitative estimate of drug-likeness (QED) is 0.344. The van der Waals surface area contributed by atoms with Gasteiger partial charge < -0.3 is 20.1 Å². The summed E-state index contributed by atoms with van der Waals surface area (Å²) in [6, 6.07) is 16.0. The van der Waals surface area contributed by atoms with E-state index in [1.165, 1.54) is 5.56 Å². The van der Waals surface area contributed by atoms with E-state index in [-0.39, 0.29) is 6.10 Å². The normalized spacial score (nSPS) is 10.3. The summed E-state index contributed by atoms with van der Waals surface area (Å²) in [6.07, 6.45) is 3.91. The van der Waals surface area contributed by atoms with E-state index in [0.29, 0.717) is 11.7 Å². The van der Waals surface area contributed by atoms with Crippen molar-refractivity contribution in [3.8, 4) is 11.5 Å². The lowest BCUT2D eigenvalue weighted by Gasteiger charge is -2.12. The summed E-state index contributed by atoms with van der Waals surface area (Å²) in [5, 5.41) is 7.04. The largest absolute Gasteiger partial charge is 0.491 e. The molecule has 5 heteroatoms. The van der Waals surface area contributed by atoms with Crippen LogP contribution in [0.5, 0.6) is 11.5 Å². The fourth-order valence-electron chi connectivity index (χ4n) is 2.47. The van der Waals surface area contributed by atoms with Crippen LogP contribution in [-0.4, -0.2) is 24.4 Å². The lowest BCUT2D eigenvalue weighted by molar-refractivity contribution is 0.242. The summed E-state index contributed by atoms with van der Waals surface area (Å²) in [4.78, 5) is 0. The van der Waals surface area contributed by atoms with Crippen LogP contribution in [0.15, 0.2) is 61.2 Å². The standard InChI is InChI=1S/C22H28N2O2S/c1-4-16-25-20-13-9-19(10-14-20)24-22(27)23-15-5-6-18-7-11-21(12-8-18)26-17(2)3/h4,7-14,17H,1,5-6,15-16H2,2-3H3,(H2,23,24,27). The third-order valence-corrected chi connectivity index (χ3v) is 3.95. The van der Waals surface area contributed by atoms with Gasteiger partial charge in [-0.1, -0.05) is 24.8 Å². The van der Waals surface area contributed by atoms with Crippen molar-refractivity contribution in [1.82, 2.24) is 5.32 Å². The van der Waals surface area contributed by atoms with Crippen molar-refractivity contribution in [2.24, 2.45) is 0 Å². The van der Waals surface area contributed by atoms with E-state index < -0.39 is 0 Å². The summed E-state index contributed by atoms with van der Waals surface area (Å²) in [5.41, 5.74) is 2.22. The Balaban J connectivity index is 1.66. The molecule has 0 aliphatic carbocycles. The van der Waals surface area contributed by atoms with Gasteiger partial charge in [-0.05, 0) is 80.9 Å². The topological polar surface area (TPSA) is 42.5 Å². The molecule has 0 unspecified atom stereocenters. The number of benzene rings is 2. The monoisotopic (exact) mass is 384 g/mol. The number of nitrogens with one attached hydrogen (secondary N) is 2. The molecule has 0 bridgehead atoms. The van der Waals surface area contributed by atoms with Crippen molar-refractivity contribution in [3.63, 3.8) is 0 Å². The van der Waals surface area contributed by atoms with Crippen LogP contribution in [0.25, 0.3) is 0 Å². The van der Waals surface area contributed by atoms with Crippen LogP contribution in [0, 0.1) is 0 Å². The Hall–Kier alpha value is -2.53. The molecular formula is C22H28N2O2S. The zero-order valence-electron chi connectivity index (χ0n) is 16.0. The molecule has 2 N–H and O–H groups in total. The minimum atomic E-state index is 0.199. The molecule has 0 amide bonds. The number of thiocarbonyl (C=S) groups is 1. The first-order valence-corrected chi connectivity index (χ1v) is 9.62. The van der Waals surface area contributed by atoms with Gasteiger partial charge >= 0.3 is 0 Å². The van der Waals surface area contributed by atoms with E-state index in [1.54, 1.807) is 6.08 Å². The smallest absolute Gasteiger partial charge is 0.170 e. The third-order valence-electron chi connectivity index (χ3n) is 3.70. The van der Waals surface area contributed by atoms with Gasteiger partial charge in [0.1, 0.15) is 18.1 Å². The predicted molar refractivity (Wildman–Crippen MR) is 117 cm³/mol. The van der Waals surface area contributed by atoms with Gasteiger partial charge in [0.05, 0.1) is 6.10 Å². The summed E-state index contributed by atoms with van der Waals surface area (Å²) in [5.74, 6) is 1.72. The van der Waals surface area contributed by atoms with Crippen LogP contribution in [0.3, 0.4) is 0 Å². The predicted octanol–water partition coefficient (Wildman–Crippen LogP) is 4.96. The second kappa shape index (κ2) is 11.2. The summed E-state index contributed by atoms with van der Waals surface area (Å²) in [6.45, 7) is 9.01. The maximum absolute atomic E-state index is 5.66. The number of ether oxygens (including phenoxy) is 2. The lowest BCUT2D eigenvalue weighted by Crippen LogP contribution is -2.29. The Morgan fingerprint density at radius 3 is 2.37 bits per heavy atom. The SMILES string of the molecule is C=CCOc1ccc(NC(=S)NCCCc2ccc(OC(C)C)cc2)cc1. The maximum Gasteiger partial charge on any atom is 0.170 e. The first-order chi connectivity index (χ1) is 13.1. The molecule has 0 aliphatic heterocycles. The Morgan fingerprint density at radius 1 is 1.07 bits per heavy atom. The van der Waals surface area contributed by atoms with E-state index in [2.05, 4.69) is 29.3 Å². The molecule has 4 nitrogen and oxygen atoms in total. The van der Waals surface area contributed by atoms with Crippen LogP contribution in [-0.2, 0) is 6.42 Å². The molecule has 144 valence electrons. The summed E-state index contributed by atoms with van der Waals surface area (Å²) < 4.78 is 11.1. The highest BCUT2D eigenvalue weighted by Crippen LogP contribution is 2.16. The molecule has 0 aromatic heterocycles. The molecule has 0 fully saturated rings. The number of hydrogen-bond donors (Lipinski definition) is 2. The van der Waals surface area contributed by atoms with Crippen molar-refractivity contribution < 1.29 is 9.47 Å². The van der Waals surface area contributed by atoms with E-state index in [4.69, 9.17) is 21.7 Å². The van der Waals surface area contributed by atoms with Crippen molar-refractivity contribution >= 4 is 23.0 Å². The molecular weight excluding hydrogens is 356 g/mol. The van der Waals surface area contributed by atoms with Gasteiger partial charge in [-0.25, -0.2) is 0 Å². The second-order valence-corrected chi connectivity index (χ2v) is 6.83. The molecule has 0 heterocycles. The van der Waals surface area contributed by atoms with E-state index in [1.807, 2.05) is 50.2 Å². The second-order valence-electron chi connectivity index (χ2n) is 6.42. The van der Waals surface area contributed by atoms with Crippen LogP contribution >= 0.6 is 12.2 Å². The van der Waals surface area contributed by atoms with Crippen molar-refractivity contribution in [1.29, 1.82) is 0 Å². The average molecular weight is 385 g/mol. The van der Waals surface area contributed by atoms with Gasteiger partial charge in [0, 0.05) is 12.2 Å². The fourth-order valence-corrected chi connectivity index (χ4v) is 2.69. The van der Waals surface area contributed by atoms with Gasteiger partial charge in [-0.3, -0.25) is 0 Å². The molecule has 0 spiro atoms. The van der Waals surface area contributed by atoms with Crippen molar-refractivity contribution in [2.45, 2.75) is 32.8 Å². The van der Waals surface area contributed by atoms with Crippen molar-refractivity contribution in [2.75, 3.05) is 18.5 Å². The van der Waals surface area contributed by atoms with E-state index >= 15 is 0 Å². The van der Waals surface area contributed by atoms with E-state index in [0.717, 1.165) is 36.6 Å². The highest BCUT2D eigenvalue weighted by molar-refractivity contribution is 7.80. The van der Waals surface area contributed by atoms with E-state index in [9.17, 15) is 0 Å². The highest BCUT2D eigenvalue weighted by atomic mass is 32.1. The highest BCUT2D eigenvalue weighted by Gasteiger charge is 2.01. The van der Waals surface area contributed by atoms with Crippen LogP contribution in [0.4, 0.5) is 5.69 Å². The molecule has 27 heavy (non-hydrogen) atoms. The van der Waals surface area contributed by atoms with Gasteiger partial charge in [0.2, 0.25) is 0 Å². The maximum atomic E-state index is 5.66. The molecule has 0 aliphatic rings. The number of anilines is 1. The molecule has 0 radical (unpaired) electrons. The zero-order valence-corrected chi connectivity index (χ0v) is 16.9. The van der Waals surface area contributed by atoms with Crippen LogP contribution in [0.1, 0.15) is 25.8 Å². The first-order valence-electron chi connectivity index (χ1n) is 9.21.